The Hall–Kier alpha value is -0.870. The molecule has 0 amide bonds. The molecule has 1 saturated carbocycles. The monoisotopic (exact) mass is 267 g/mol. The smallest absolute Gasteiger partial charge is 0.120 e. The first-order chi connectivity index (χ1) is 8.74. The fourth-order valence-corrected chi connectivity index (χ4v) is 3.48. The molecule has 0 heterocycles. The van der Waals surface area contributed by atoms with E-state index in [4.69, 9.17) is 4.74 Å². The Kier molecular flexibility index (Phi) is 4.78. The first kappa shape index (κ1) is 13.6. The van der Waals surface area contributed by atoms with Crippen molar-refractivity contribution in [2.75, 3.05) is 13.4 Å². The third kappa shape index (κ3) is 3.12. The number of phenolic OH excluding ortho intramolecular Hbond substituents is 1. The summed E-state index contributed by atoms with van der Waals surface area (Å²) in [5, 5.41) is 14.1. The lowest BCUT2D eigenvalue weighted by atomic mass is 10.1. The number of benzene rings is 1. The molecule has 1 aromatic rings. The van der Waals surface area contributed by atoms with Crippen LogP contribution in [0.2, 0.25) is 0 Å². The first-order valence-corrected chi connectivity index (χ1v) is 7.65. The standard InChI is InChI=1S/C14H21NO2S/c1-17-11-6-7-13(16)10(8-11)9-15-12-4-3-5-14(12)18-2/h6-8,12,14-16H,3-5,9H2,1-2H3. The molecule has 0 radical (unpaired) electrons. The minimum Gasteiger partial charge on any atom is -0.508 e. The third-order valence-electron chi connectivity index (χ3n) is 3.60. The number of phenols is 1. The first-order valence-electron chi connectivity index (χ1n) is 6.36. The molecule has 0 aliphatic heterocycles. The van der Waals surface area contributed by atoms with Gasteiger partial charge in [-0.25, -0.2) is 0 Å². The molecular weight excluding hydrogens is 246 g/mol. The van der Waals surface area contributed by atoms with Gasteiger partial charge in [0.2, 0.25) is 0 Å². The summed E-state index contributed by atoms with van der Waals surface area (Å²) in [5.41, 5.74) is 0.904. The largest absolute Gasteiger partial charge is 0.508 e. The van der Waals surface area contributed by atoms with E-state index in [0.717, 1.165) is 11.3 Å². The number of ether oxygens (including phenoxy) is 1. The van der Waals surface area contributed by atoms with Crippen molar-refractivity contribution in [1.82, 2.24) is 5.32 Å². The Labute approximate surface area is 113 Å². The number of hydrogen-bond acceptors (Lipinski definition) is 4. The van der Waals surface area contributed by atoms with Crippen LogP contribution in [0.15, 0.2) is 18.2 Å². The van der Waals surface area contributed by atoms with E-state index in [1.165, 1.54) is 19.3 Å². The van der Waals surface area contributed by atoms with E-state index in [9.17, 15) is 5.11 Å². The summed E-state index contributed by atoms with van der Waals surface area (Å²) in [6.07, 6.45) is 6.00. The van der Waals surface area contributed by atoms with Crippen molar-refractivity contribution in [3.63, 3.8) is 0 Å². The molecule has 18 heavy (non-hydrogen) atoms. The van der Waals surface area contributed by atoms with Crippen LogP contribution in [0.1, 0.15) is 24.8 Å². The van der Waals surface area contributed by atoms with Gasteiger partial charge in [-0.05, 0) is 37.3 Å². The van der Waals surface area contributed by atoms with E-state index in [1.807, 2.05) is 17.8 Å². The maximum atomic E-state index is 9.83. The zero-order valence-electron chi connectivity index (χ0n) is 11.0. The van der Waals surface area contributed by atoms with Crippen LogP contribution in [-0.4, -0.2) is 29.8 Å². The van der Waals surface area contributed by atoms with Crippen molar-refractivity contribution in [3.05, 3.63) is 23.8 Å². The van der Waals surface area contributed by atoms with Crippen molar-refractivity contribution in [2.24, 2.45) is 0 Å². The van der Waals surface area contributed by atoms with Gasteiger partial charge in [-0.15, -0.1) is 0 Å². The molecule has 3 nitrogen and oxygen atoms in total. The van der Waals surface area contributed by atoms with E-state index in [1.54, 1.807) is 19.2 Å². The molecule has 1 aromatic carbocycles. The molecule has 100 valence electrons. The van der Waals surface area contributed by atoms with Crippen LogP contribution < -0.4 is 10.1 Å². The number of aromatic hydroxyl groups is 1. The van der Waals surface area contributed by atoms with Crippen molar-refractivity contribution < 1.29 is 9.84 Å². The molecule has 0 spiro atoms. The van der Waals surface area contributed by atoms with Crippen LogP contribution in [0.5, 0.6) is 11.5 Å². The van der Waals surface area contributed by atoms with Gasteiger partial charge in [-0.1, -0.05) is 6.42 Å². The van der Waals surface area contributed by atoms with Crippen LogP contribution in [0.4, 0.5) is 0 Å². The van der Waals surface area contributed by atoms with Crippen LogP contribution in [0.25, 0.3) is 0 Å². The maximum Gasteiger partial charge on any atom is 0.120 e. The molecule has 1 fully saturated rings. The number of hydrogen-bond donors (Lipinski definition) is 2. The second-order valence-electron chi connectivity index (χ2n) is 4.69. The second kappa shape index (κ2) is 6.34. The number of rotatable bonds is 5. The number of nitrogens with one attached hydrogen (secondary N) is 1. The summed E-state index contributed by atoms with van der Waals surface area (Å²) in [6.45, 7) is 0.699. The SMILES string of the molecule is COc1ccc(O)c(CNC2CCCC2SC)c1. The molecule has 1 aliphatic rings. The Morgan fingerprint density at radius 2 is 2.28 bits per heavy atom. The quantitative estimate of drug-likeness (QED) is 0.861. The van der Waals surface area contributed by atoms with Gasteiger partial charge in [0.05, 0.1) is 7.11 Å². The molecule has 2 atom stereocenters. The van der Waals surface area contributed by atoms with Crippen molar-refractivity contribution in [1.29, 1.82) is 0 Å². The van der Waals surface area contributed by atoms with Gasteiger partial charge in [0.1, 0.15) is 11.5 Å². The summed E-state index contributed by atoms with van der Waals surface area (Å²) in [6, 6.07) is 5.92. The highest BCUT2D eigenvalue weighted by molar-refractivity contribution is 7.99. The van der Waals surface area contributed by atoms with E-state index >= 15 is 0 Å². The number of methoxy groups -OCH3 is 1. The molecular formula is C14H21NO2S. The Morgan fingerprint density at radius 3 is 3.00 bits per heavy atom. The zero-order chi connectivity index (χ0) is 13.0. The van der Waals surface area contributed by atoms with Crippen LogP contribution >= 0.6 is 11.8 Å². The van der Waals surface area contributed by atoms with E-state index in [0.29, 0.717) is 23.6 Å². The highest BCUT2D eigenvalue weighted by atomic mass is 32.2. The molecule has 2 unspecified atom stereocenters. The average Bonchev–Trinajstić information content (AvgIpc) is 2.85. The van der Waals surface area contributed by atoms with Crippen LogP contribution in [0.3, 0.4) is 0 Å². The molecule has 0 bridgehead atoms. The predicted molar refractivity (Wildman–Crippen MR) is 76.4 cm³/mol. The Balaban J connectivity index is 1.97. The summed E-state index contributed by atoms with van der Waals surface area (Å²) in [7, 11) is 1.64. The average molecular weight is 267 g/mol. The van der Waals surface area contributed by atoms with Gasteiger partial charge in [0, 0.05) is 23.4 Å². The second-order valence-corrected chi connectivity index (χ2v) is 5.76. The minimum atomic E-state index is 0.335. The van der Waals surface area contributed by atoms with Gasteiger partial charge in [-0.3, -0.25) is 0 Å². The lowest BCUT2D eigenvalue weighted by Gasteiger charge is -2.19. The van der Waals surface area contributed by atoms with Crippen molar-refractivity contribution in [3.8, 4) is 11.5 Å². The lowest BCUT2D eigenvalue weighted by Crippen LogP contribution is -2.33. The lowest BCUT2D eigenvalue weighted by molar-refractivity contribution is 0.409. The molecule has 0 saturated heterocycles. The Morgan fingerprint density at radius 1 is 1.44 bits per heavy atom. The zero-order valence-corrected chi connectivity index (χ0v) is 11.8. The summed E-state index contributed by atoms with van der Waals surface area (Å²) in [4.78, 5) is 0. The van der Waals surface area contributed by atoms with Gasteiger partial charge in [0.15, 0.2) is 0 Å². The summed E-state index contributed by atoms with van der Waals surface area (Å²) < 4.78 is 5.18. The van der Waals surface area contributed by atoms with Gasteiger partial charge in [-0.2, -0.15) is 11.8 Å². The molecule has 2 rings (SSSR count). The number of thioether (sulfide) groups is 1. The van der Waals surface area contributed by atoms with Gasteiger partial charge in [0.25, 0.3) is 0 Å². The predicted octanol–water partition coefficient (Wildman–Crippen LogP) is 2.77. The molecule has 4 heteroatoms. The molecule has 0 aromatic heterocycles. The van der Waals surface area contributed by atoms with E-state index < -0.39 is 0 Å². The van der Waals surface area contributed by atoms with Gasteiger partial charge >= 0.3 is 0 Å². The summed E-state index contributed by atoms with van der Waals surface area (Å²) >= 11 is 1.94. The highest BCUT2D eigenvalue weighted by Crippen LogP contribution is 2.29. The third-order valence-corrected chi connectivity index (χ3v) is 4.77. The van der Waals surface area contributed by atoms with Gasteiger partial charge < -0.3 is 15.2 Å². The van der Waals surface area contributed by atoms with E-state index in [-0.39, 0.29) is 0 Å². The topological polar surface area (TPSA) is 41.5 Å². The maximum absolute atomic E-state index is 9.83. The normalized spacial score (nSPS) is 23.2. The highest BCUT2D eigenvalue weighted by Gasteiger charge is 2.25. The van der Waals surface area contributed by atoms with Crippen LogP contribution in [0, 0.1) is 0 Å². The van der Waals surface area contributed by atoms with Crippen LogP contribution in [-0.2, 0) is 6.54 Å². The molecule has 1 aliphatic carbocycles. The minimum absolute atomic E-state index is 0.335. The fraction of sp³-hybridized carbons (Fsp3) is 0.571. The van der Waals surface area contributed by atoms with Crippen molar-refractivity contribution >= 4 is 11.8 Å². The summed E-state index contributed by atoms with van der Waals surface area (Å²) in [5.74, 6) is 1.12. The van der Waals surface area contributed by atoms with Crippen molar-refractivity contribution in [2.45, 2.75) is 37.1 Å². The fourth-order valence-electron chi connectivity index (χ4n) is 2.51. The Bertz CT molecular complexity index is 397. The van der Waals surface area contributed by atoms with E-state index in [2.05, 4.69) is 11.6 Å². The molecule has 2 N–H and O–H groups in total.